The topological polar surface area (TPSA) is 23.6 Å². The highest BCUT2D eigenvalue weighted by molar-refractivity contribution is 6.30. The van der Waals surface area contributed by atoms with E-state index < -0.39 is 0 Å². The molecule has 0 aliphatic carbocycles. The van der Waals surface area contributed by atoms with Crippen LogP contribution in [0.2, 0.25) is 5.02 Å². The summed E-state index contributed by atoms with van der Waals surface area (Å²) in [5.74, 6) is 0.0604. The second-order valence-electron chi connectivity index (χ2n) is 7.59. The van der Waals surface area contributed by atoms with Crippen molar-refractivity contribution in [2.24, 2.45) is 0 Å². The predicted molar refractivity (Wildman–Crippen MR) is 105 cm³/mol. The maximum absolute atomic E-state index is 12.6. The summed E-state index contributed by atoms with van der Waals surface area (Å²) < 4.78 is 0. The fourth-order valence-corrected chi connectivity index (χ4v) is 3.33. The SMILES string of the molecule is CC(C)(C)c1ccc(N2CCN(C(=O)c3cccc(Cl)c3)CC2)cc1. The molecule has 1 amide bonds. The molecule has 0 N–H and O–H groups in total. The van der Waals surface area contributed by atoms with Crippen LogP contribution in [-0.4, -0.2) is 37.0 Å². The van der Waals surface area contributed by atoms with E-state index in [0.717, 1.165) is 26.2 Å². The van der Waals surface area contributed by atoms with Crippen molar-refractivity contribution in [3.05, 3.63) is 64.7 Å². The first-order valence-electron chi connectivity index (χ1n) is 8.75. The van der Waals surface area contributed by atoms with E-state index in [0.29, 0.717) is 10.6 Å². The van der Waals surface area contributed by atoms with Gasteiger partial charge in [0.25, 0.3) is 5.91 Å². The smallest absolute Gasteiger partial charge is 0.254 e. The molecule has 4 heteroatoms. The molecule has 0 spiro atoms. The molecule has 0 aromatic heterocycles. The highest BCUT2D eigenvalue weighted by Crippen LogP contribution is 2.25. The van der Waals surface area contributed by atoms with Crippen LogP contribution in [0.4, 0.5) is 5.69 Å². The number of carbonyl (C=O) groups is 1. The van der Waals surface area contributed by atoms with Crippen molar-refractivity contribution in [2.45, 2.75) is 26.2 Å². The second-order valence-corrected chi connectivity index (χ2v) is 8.02. The zero-order valence-electron chi connectivity index (χ0n) is 15.1. The largest absolute Gasteiger partial charge is 0.368 e. The van der Waals surface area contributed by atoms with Gasteiger partial charge in [-0.15, -0.1) is 0 Å². The molecule has 3 nitrogen and oxygen atoms in total. The lowest BCUT2D eigenvalue weighted by molar-refractivity contribution is 0.0747. The van der Waals surface area contributed by atoms with Crippen LogP contribution in [0.3, 0.4) is 0 Å². The maximum atomic E-state index is 12.6. The number of amides is 1. The van der Waals surface area contributed by atoms with E-state index in [9.17, 15) is 4.79 Å². The quantitative estimate of drug-likeness (QED) is 0.785. The van der Waals surface area contributed by atoms with Gasteiger partial charge in [-0.05, 0) is 41.3 Å². The van der Waals surface area contributed by atoms with Crippen molar-refractivity contribution in [2.75, 3.05) is 31.1 Å². The summed E-state index contributed by atoms with van der Waals surface area (Å²) in [6.45, 7) is 9.83. The number of anilines is 1. The molecule has 1 aliphatic heterocycles. The molecule has 1 fully saturated rings. The van der Waals surface area contributed by atoms with Gasteiger partial charge in [-0.2, -0.15) is 0 Å². The van der Waals surface area contributed by atoms with Crippen molar-refractivity contribution in [1.82, 2.24) is 4.90 Å². The molecule has 0 radical (unpaired) electrons. The molecule has 0 bridgehead atoms. The van der Waals surface area contributed by atoms with E-state index in [1.807, 2.05) is 17.0 Å². The lowest BCUT2D eigenvalue weighted by atomic mass is 9.87. The molecule has 1 saturated heterocycles. The van der Waals surface area contributed by atoms with Gasteiger partial charge in [0.2, 0.25) is 0 Å². The molecule has 0 atom stereocenters. The zero-order chi connectivity index (χ0) is 18.0. The predicted octanol–water partition coefficient (Wildman–Crippen LogP) is 4.60. The molecular formula is C21H25ClN2O. The van der Waals surface area contributed by atoms with Crippen molar-refractivity contribution < 1.29 is 4.79 Å². The van der Waals surface area contributed by atoms with E-state index >= 15 is 0 Å². The number of carbonyl (C=O) groups excluding carboxylic acids is 1. The Balaban J connectivity index is 1.63. The van der Waals surface area contributed by atoms with Gasteiger partial charge in [-0.3, -0.25) is 4.79 Å². The standard InChI is InChI=1S/C21H25ClN2O/c1-21(2,3)17-7-9-19(10-8-17)23-11-13-24(14-12-23)20(25)16-5-4-6-18(22)15-16/h4-10,15H,11-14H2,1-3H3. The Morgan fingerprint density at radius 1 is 0.960 bits per heavy atom. The summed E-state index contributed by atoms with van der Waals surface area (Å²) >= 11 is 6.00. The zero-order valence-corrected chi connectivity index (χ0v) is 15.9. The third-order valence-electron chi connectivity index (χ3n) is 4.74. The summed E-state index contributed by atoms with van der Waals surface area (Å²) in [4.78, 5) is 16.8. The van der Waals surface area contributed by atoms with Crippen LogP contribution in [0.5, 0.6) is 0 Å². The van der Waals surface area contributed by atoms with Gasteiger partial charge in [-0.1, -0.05) is 50.6 Å². The Labute approximate surface area is 155 Å². The van der Waals surface area contributed by atoms with Crippen LogP contribution >= 0.6 is 11.6 Å². The molecule has 3 rings (SSSR count). The molecule has 1 aliphatic rings. The van der Waals surface area contributed by atoms with E-state index in [-0.39, 0.29) is 11.3 Å². The third kappa shape index (κ3) is 4.16. The van der Waals surface area contributed by atoms with Gasteiger partial charge in [0.1, 0.15) is 0 Å². The Morgan fingerprint density at radius 3 is 2.16 bits per heavy atom. The number of hydrogen-bond donors (Lipinski definition) is 0. The minimum absolute atomic E-state index is 0.0604. The molecule has 0 unspecified atom stereocenters. The number of nitrogens with zero attached hydrogens (tertiary/aromatic N) is 2. The number of hydrogen-bond acceptors (Lipinski definition) is 2. The average Bonchev–Trinajstić information content (AvgIpc) is 2.61. The summed E-state index contributed by atoms with van der Waals surface area (Å²) in [6.07, 6.45) is 0. The number of piperazine rings is 1. The van der Waals surface area contributed by atoms with Crippen LogP contribution < -0.4 is 4.90 Å². The van der Waals surface area contributed by atoms with Crippen LogP contribution in [-0.2, 0) is 5.41 Å². The molecular weight excluding hydrogens is 332 g/mol. The van der Waals surface area contributed by atoms with Gasteiger partial charge in [-0.25, -0.2) is 0 Å². The second kappa shape index (κ2) is 7.09. The van der Waals surface area contributed by atoms with E-state index in [4.69, 9.17) is 11.6 Å². The Bertz CT molecular complexity index is 741. The van der Waals surface area contributed by atoms with E-state index in [1.165, 1.54) is 11.3 Å². The van der Waals surface area contributed by atoms with Gasteiger partial charge >= 0.3 is 0 Å². The molecule has 25 heavy (non-hydrogen) atoms. The fraction of sp³-hybridized carbons (Fsp3) is 0.381. The van der Waals surface area contributed by atoms with Crippen molar-refractivity contribution in [3.63, 3.8) is 0 Å². The van der Waals surface area contributed by atoms with Crippen molar-refractivity contribution in [3.8, 4) is 0 Å². The number of halogens is 1. The lowest BCUT2D eigenvalue weighted by Crippen LogP contribution is -2.48. The van der Waals surface area contributed by atoms with Crippen LogP contribution in [0, 0.1) is 0 Å². The molecule has 0 saturated carbocycles. The molecule has 2 aromatic carbocycles. The first kappa shape index (κ1) is 17.8. The summed E-state index contributed by atoms with van der Waals surface area (Å²) in [6, 6.07) is 16.0. The van der Waals surface area contributed by atoms with Gasteiger partial charge in [0, 0.05) is 42.5 Å². The average molecular weight is 357 g/mol. The number of rotatable bonds is 2. The monoisotopic (exact) mass is 356 g/mol. The highest BCUT2D eigenvalue weighted by atomic mass is 35.5. The first-order chi connectivity index (χ1) is 11.8. The summed E-state index contributed by atoms with van der Waals surface area (Å²) in [5.41, 5.74) is 3.39. The number of benzene rings is 2. The normalized spacial score (nSPS) is 15.4. The van der Waals surface area contributed by atoms with Crippen molar-refractivity contribution >= 4 is 23.2 Å². The molecule has 132 valence electrons. The third-order valence-corrected chi connectivity index (χ3v) is 4.97. The van der Waals surface area contributed by atoms with Crippen LogP contribution in [0.1, 0.15) is 36.7 Å². The van der Waals surface area contributed by atoms with Gasteiger partial charge < -0.3 is 9.80 Å². The van der Waals surface area contributed by atoms with Gasteiger partial charge in [0.05, 0.1) is 0 Å². The van der Waals surface area contributed by atoms with E-state index in [1.54, 1.807) is 12.1 Å². The minimum atomic E-state index is 0.0604. The fourth-order valence-electron chi connectivity index (χ4n) is 3.14. The first-order valence-corrected chi connectivity index (χ1v) is 9.13. The van der Waals surface area contributed by atoms with Gasteiger partial charge in [0.15, 0.2) is 0 Å². The molecule has 2 aromatic rings. The van der Waals surface area contributed by atoms with Crippen LogP contribution in [0.25, 0.3) is 0 Å². The van der Waals surface area contributed by atoms with Crippen molar-refractivity contribution in [1.29, 1.82) is 0 Å². The summed E-state index contributed by atoms with van der Waals surface area (Å²) in [7, 11) is 0. The highest BCUT2D eigenvalue weighted by Gasteiger charge is 2.23. The maximum Gasteiger partial charge on any atom is 0.254 e. The van der Waals surface area contributed by atoms with E-state index in [2.05, 4.69) is 49.9 Å². The molecule has 1 heterocycles. The Kier molecular flexibility index (Phi) is 5.05. The minimum Gasteiger partial charge on any atom is -0.368 e. The Morgan fingerprint density at radius 2 is 1.60 bits per heavy atom. The lowest BCUT2D eigenvalue weighted by Gasteiger charge is -2.36. The summed E-state index contributed by atoms with van der Waals surface area (Å²) in [5, 5.41) is 0.600. The van der Waals surface area contributed by atoms with Crippen LogP contribution in [0.15, 0.2) is 48.5 Å². The Hall–Kier alpha value is -2.00.